The second-order valence-electron chi connectivity index (χ2n) is 9.44. The summed E-state index contributed by atoms with van der Waals surface area (Å²) in [6.07, 6.45) is 10.4. The second kappa shape index (κ2) is 13.2. The summed E-state index contributed by atoms with van der Waals surface area (Å²) in [4.78, 5) is 0. The first kappa shape index (κ1) is 24.1. The first-order valence-electron chi connectivity index (χ1n) is 12.1. The van der Waals surface area contributed by atoms with Crippen molar-refractivity contribution in [2.24, 2.45) is 17.8 Å². The molecule has 2 aliphatic carbocycles. The van der Waals surface area contributed by atoms with Crippen LogP contribution in [-0.4, -0.2) is 36.3 Å². The summed E-state index contributed by atoms with van der Waals surface area (Å²) in [7, 11) is 0. The average Bonchev–Trinajstić information content (AvgIpc) is 2.83. The Balaban J connectivity index is 1.71. The lowest BCUT2D eigenvalue weighted by molar-refractivity contribution is -0.0644. The zero-order chi connectivity index (χ0) is 20.4. The number of alkyl halides is 2. The van der Waals surface area contributed by atoms with Gasteiger partial charge < -0.3 is 9.84 Å². The van der Waals surface area contributed by atoms with Gasteiger partial charge in [-0.2, -0.15) is 0 Å². The molecule has 5 atom stereocenters. The van der Waals surface area contributed by atoms with Gasteiger partial charge in [0.05, 0.1) is 12.2 Å². The minimum atomic E-state index is -1.80. The SMILES string of the molecule is CCCCCCC(CCC)C1CCC(COC2CCCC(O)C(F)C2F)CC1. The Morgan fingerprint density at radius 3 is 2.29 bits per heavy atom. The van der Waals surface area contributed by atoms with Gasteiger partial charge in [0.1, 0.15) is 0 Å². The molecule has 4 heteroatoms. The van der Waals surface area contributed by atoms with Crippen LogP contribution < -0.4 is 0 Å². The Bertz CT molecular complexity index is 398. The number of unbranched alkanes of at least 4 members (excludes halogenated alkanes) is 3. The highest BCUT2D eigenvalue weighted by molar-refractivity contribution is 4.87. The maximum Gasteiger partial charge on any atom is 0.160 e. The summed E-state index contributed by atoms with van der Waals surface area (Å²) in [6.45, 7) is 5.12. The molecule has 28 heavy (non-hydrogen) atoms. The molecule has 0 aromatic rings. The molecule has 1 N–H and O–H groups in total. The van der Waals surface area contributed by atoms with Gasteiger partial charge in [-0.1, -0.05) is 58.8 Å². The Kier molecular flexibility index (Phi) is 11.3. The molecule has 166 valence electrons. The average molecular weight is 403 g/mol. The van der Waals surface area contributed by atoms with E-state index in [1.165, 1.54) is 57.8 Å². The van der Waals surface area contributed by atoms with Crippen molar-refractivity contribution in [2.75, 3.05) is 6.61 Å². The number of rotatable bonds is 11. The van der Waals surface area contributed by atoms with E-state index in [1.54, 1.807) is 0 Å². The van der Waals surface area contributed by atoms with Crippen LogP contribution in [0.1, 0.15) is 104 Å². The standard InChI is InChI=1S/C24H44F2O2/c1-3-5-6-7-10-19(9-4-2)20-15-13-18(14-16-20)17-28-22-12-8-11-21(27)23(25)24(22)26/h18-24,27H,3-17H2,1-2H3. The predicted octanol–water partition coefficient (Wildman–Crippen LogP) is 6.79. The van der Waals surface area contributed by atoms with E-state index in [9.17, 15) is 13.9 Å². The molecule has 2 nitrogen and oxygen atoms in total. The van der Waals surface area contributed by atoms with Crippen LogP contribution in [0.2, 0.25) is 0 Å². The second-order valence-corrected chi connectivity index (χ2v) is 9.44. The molecule has 0 aromatic heterocycles. The highest BCUT2D eigenvalue weighted by Crippen LogP contribution is 2.38. The van der Waals surface area contributed by atoms with Crippen LogP contribution >= 0.6 is 0 Å². The van der Waals surface area contributed by atoms with Gasteiger partial charge in [0, 0.05) is 6.61 Å². The minimum Gasteiger partial charge on any atom is -0.390 e. The molecule has 0 aromatic carbocycles. The Morgan fingerprint density at radius 1 is 0.857 bits per heavy atom. The normalized spacial score (nSPS) is 35.5. The third-order valence-electron chi connectivity index (χ3n) is 7.21. The van der Waals surface area contributed by atoms with E-state index in [2.05, 4.69) is 13.8 Å². The molecular weight excluding hydrogens is 358 g/mol. The van der Waals surface area contributed by atoms with Crippen LogP contribution in [0.3, 0.4) is 0 Å². The summed E-state index contributed by atoms with van der Waals surface area (Å²) in [6, 6.07) is 0. The lowest BCUT2D eigenvalue weighted by Gasteiger charge is -2.35. The van der Waals surface area contributed by atoms with Gasteiger partial charge in [0.25, 0.3) is 0 Å². The summed E-state index contributed by atoms with van der Waals surface area (Å²) in [5, 5.41) is 9.61. The summed E-state index contributed by atoms with van der Waals surface area (Å²) < 4.78 is 34.0. The fourth-order valence-electron chi connectivity index (χ4n) is 5.34. The molecule has 0 radical (unpaired) electrons. The van der Waals surface area contributed by atoms with Gasteiger partial charge in [-0.25, -0.2) is 8.78 Å². The fraction of sp³-hybridized carbons (Fsp3) is 1.00. The van der Waals surface area contributed by atoms with Crippen molar-refractivity contribution in [3.63, 3.8) is 0 Å². The Hall–Kier alpha value is -0.220. The number of aliphatic hydroxyl groups is 1. The van der Waals surface area contributed by atoms with Crippen LogP contribution in [0, 0.1) is 17.8 Å². The molecular formula is C24H44F2O2. The van der Waals surface area contributed by atoms with E-state index < -0.39 is 24.6 Å². The van der Waals surface area contributed by atoms with Crippen molar-refractivity contribution >= 4 is 0 Å². The lowest BCUT2D eigenvalue weighted by atomic mass is 9.73. The van der Waals surface area contributed by atoms with E-state index >= 15 is 0 Å². The van der Waals surface area contributed by atoms with Gasteiger partial charge in [-0.05, 0) is 62.7 Å². The molecule has 0 bridgehead atoms. The van der Waals surface area contributed by atoms with E-state index in [0.717, 1.165) is 24.7 Å². The molecule has 0 aliphatic heterocycles. The molecule has 0 amide bonds. The van der Waals surface area contributed by atoms with E-state index in [0.29, 0.717) is 31.8 Å². The van der Waals surface area contributed by atoms with Crippen molar-refractivity contribution < 1.29 is 18.6 Å². The third kappa shape index (κ3) is 7.55. The molecule has 0 spiro atoms. The monoisotopic (exact) mass is 402 g/mol. The minimum absolute atomic E-state index is 0.337. The lowest BCUT2D eigenvalue weighted by Crippen LogP contribution is -2.38. The number of hydrogen-bond acceptors (Lipinski definition) is 2. The van der Waals surface area contributed by atoms with E-state index in [4.69, 9.17) is 4.74 Å². The largest absolute Gasteiger partial charge is 0.390 e. The van der Waals surface area contributed by atoms with Crippen LogP contribution in [0.5, 0.6) is 0 Å². The van der Waals surface area contributed by atoms with Crippen molar-refractivity contribution in [2.45, 2.75) is 128 Å². The van der Waals surface area contributed by atoms with Crippen LogP contribution in [0.4, 0.5) is 8.78 Å². The third-order valence-corrected chi connectivity index (χ3v) is 7.21. The number of ether oxygens (including phenoxy) is 1. The maximum atomic E-state index is 14.3. The molecule has 2 fully saturated rings. The zero-order valence-electron chi connectivity index (χ0n) is 18.3. The molecule has 2 saturated carbocycles. The fourth-order valence-corrected chi connectivity index (χ4v) is 5.34. The van der Waals surface area contributed by atoms with Crippen molar-refractivity contribution in [1.29, 1.82) is 0 Å². The highest BCUT2D eigenvalue weighted by Gasteiger charge is 2.38. The number of aliphatic hydroxyl groups excluding tert-OH is 1. The molecule has 0 heterocycles. The molecule has 2 rings (SSSR count). The molecule has 0 saturated heterocycles. The zero-order valence-corrected chi connectivity index (χ0v) is 18.3. The quantitative estimate of drug-likeness (QED) is 0.305. The van der Waals surface area contributed by atoms with Crippen molar-refractivity contribution in [3.05, 3.63) is 0 Å². The van der Waals surface area contributed by atoms with Crippen molar-refractivity contribution in [1.82, 2.24) is 0 Å². The summed E-state index contributed by atoms with van der Waals surface area (Å²) in [5.41, 5.74) is 0. The summed E-state index contributed by atoms with van der Waals surface area (Å²) >= 11 is 0. The number of hydrogen-bond donors (Lipinski definition) is 1. The molecule has 2 aliphatic rings. The van der Waals surface area contributed by atoms with E-state index in [1.807, 2.05) is 0 Å². The van der Waals surface area contributed by atoms with Gasteiger partial charge in [0.2, 0.25) is 0 Å². The topological polar surface area (TPSA) is 29.5 Å². The van der Waals surface area contributed by atoms with E-state index in [-0.39, 0.29) is 0 Å². The summed E-state index contributed by atoms with van der Waals surface area (Å²) in [5.74, 6) is 2.20. The Labute approximate surface area is 171 Å². The van der Waals surface area contributed by atoms with Gasteiger partial charge in [-0.3, -0.25) is 0 Å². The van der Waals surface area contributed by atoms with Gasteiger partial charge in [0.15, 0.2) is 12.3 Å². The van der Waals surface area contributed by atoms with Crippen LogP contribution in [0.15, 0.2) is 0 Å². The van der Waals surface area contributed by atoms with Crippen LogP contribution in [0.25, 0.3) is 0 Å². The van der Waals surface area contributed by atoms with Gasteiger partial charge >= 0.3 is 0 Å². The highest BCUT2D eigenvalue weighted by atomic mass is 19.2. The number of halogens is 2. The first-order chi connectivity index (χ1) is 13.6. The first-order valence-corrected chi connectivity index (χ1v) is 12.1. The maximum absolute atomic E-state index is 14.3. The van der Waals surface area contributed by atoms with Crippen LogP contribution in [-0.2, 0) is 4.74 Å². The Morgan fingerprint density at radius 2 is 1.61 bits per heavy atom. The van der Waals surface area contributed by atoms with Crippen molar-refractivity contribution in [3.8, 4) is 0 Å². The predicted molar refractivity (Wildman–Crippen MR) is 112 cm³/mol. The van der Waals surface area contributed by atoms with Gasteiger partial charge in [-0.15, -0.1) is 0 Å². The molecule has 5 unspecified atom stereocenters. The smallest absolute Gasteiger partial charge is 0.160 e.